The van der Waals surface area contributed by atoms with Crippen molar-refractivity contribution in [3.05, 3.63) is 70.7 Å². The van der Waals surface area contributed by atoms with E-state index in [4.69, 9.17) is 9.47 Å². The van der Waals surface area contributed by atoms with Crippen LogP contribution in [0.4, 0.5) is 13.2 Å². The fourth-order valence-electron chi connectivity index (χ4n) is 3.26. The van der Waals surface area contributed by atoms with E-state index < -0.39 is 11.7 Å². The lowest BCUT2D eigenvalue weighted by molar-refractivity contribution is -0.137. The van der Waals surface area contributed by atoms with Gasteiger partial charge >= 0.3 is 6.18 Å². The maximum atomic E-state index is 12.6. The normalized spacial score (nSPS) is 16.2. The molecule has 1 N–H and O–H groups in total. The lowest BCUT2D eigenvalue weighted by Crippen LogP contribution is -2.31. The molecule has 0 aliphatic carbocycles. The molecular formula is C23H21F3N2O3S. The molecular weight excluding hydrogens is 441 g/mol. The van der Waals surface area contributed by atoms with Crippen molar-refractivity contribution in [3.8, 4) is 16.3 Å². The number of rotatable bonds is 7. The van der Waals surface area contributed by atoms with Gasteiger partial charge < -0.3 is 14.8 Å². The summed E-state index contributed by atoms with van der Waals surface area (Å²) in [6, 6.07) is 12.1. The van der Waals surface area contributed by atoms with Crippen molar-refractivity contribution in [2.45, 2.75) is 31.7 Å². The van der Waals surface area contributed by atoms with E-state index in [1.165, 1.54) is 23.5 Å². The summed E-state index contributed by atoms with van der Waals surface area (Å²) in [5.74, 6) is 0.360. The number of benzene rings is 2. The van der Waals surface area contributed by atoms with Gasteiger partial charge in [-0.15, -0.1) is 11.3 Å². The molecule has 1 atom stereocenters. The first-order valence-corrected chi connectivity index (χ1v) is 11.0. The van der Waals surface area contributed by atoms with Crippen LogP contribution in [0.15, 0.2) is 53.9 Å². The standard InChI is InChI=1S/C23H21F3N2O3S/c24-23(25,26)17-7-3-15(4-8-17)13-31-18-9-5-16(6-10-18)22-28-20(14-32-22)21(29)27-12-19-2-1-11-30-19/h3-10,14,19H,1-2,11-13H2,(H,27,29). The van der Waals surface area contributed by atoms with Crippen LogP contribution in [-0.4, -0.2) is 30.1 Å². The molecule has 1 aromatic heterocycles. The molecule has 2 heterocycles. The Morgan fingerprint density at radius 2 is 1.91 bits per heavy atom. The van der Waals surface area contributed by atoms with Crippen molar-refractivity contribution in [3.63, 3.8) is 0 Å². The largest absolute Gasteiger partial charge is 0.489 e. The van der Waals surface area contributed by atoms with Gasteiger partial charge in [-0.2, -0.15) is 13.2 Å². The highest BCUT2D eigenvalue weighted by Gasteiger charge is 2.29. The van der Waals surface area contributed by atoms with Gasteiger partial charge in [-0.25, -0.2) is 4.98 Å². The summed E-state index contributed by atoms with van der Waals surface area (Å²) < 4.78 is 49.1. The minimum absolute atomic E-state index is 0.0761. The lowest BCUT2D eigenvalue weighted by Gasteiger charge is -2.09. The first-order valence-electron chi connectivity index (χ1n) is 10.1. The van der Waals surface area contributed by atoms with Gasteiger partial charge in [0, 0.05) is 24.1 Å². The van der Waals surface area contributed by atoms with Crippen molar-refractivity contribution >= 4 is 17.2 Å². The fraction of sp³-hybridized carbons (Fsp3) is 0.304. The number of nitrogens with zero attached hydrogens (tertiary/aromatic N) is 1. The number of thiazole rings is 1. The van der Waals surface area contributed by atoms with Gasteiger partial charge in [0.05, 0.1) is 11.7 Å². The Bertz CT molecular complexity index is 1040. The third-order valence-corrected chi connectivity index (χ3v) is 5.93. The Balaban J connectivity index is 1.31. The first kappa shape index (κ1) is 22.3. The Morgan fingerprint density at radius 1 is 1.16 bits per heavy atom. The summed E-state index contributed by atoms with van der Waals surface area (Å²) in [6.45, 7) is 1.38. The number of nitrogens with one attached hydrogen (secondary N) is 1. The number of aromatic nitrogens is 1. The number of alkyl halides is 3. The topological polar surface area (TPSA) is 60.5 Å². The summed E-state index contributed by atoms with van der Waals surface area (Å²) >= 11 is 1.37. The minimum Gasteiger partial charge on any atom is -0.489 e. The molecule has 1 aliphatic heterocycles. The van der Waals surface area contributed by atoms with E-state index in [0.29, 0.717) is 28.6 Å². The van der Waals surface area contributed by atoms with Crippen molar-refractivity contribution in [2.24, 2.45) is 0 Å². The molecule has 1 fully saturated rings. The number of halogens is 3. The van der Waals surface area contributed by atoms with E-state index in [9.17, 15) is 18.0 Å². The van der Waals surface area contributed by atoms with Crippen LogP contribution in [-0.2, 0) is 17.5 Å². The molecule has 0 bridgehead atoms. The minimum atomic E-state index is -4.35. The zero-order valence-electron chi connectivity index (χ0n) is 17.0. The van der Waals surface area contributed by atoms with Crippen LogP contribution in [0.1, 0.15) is 34.5 Å². The molecule has 1 aliphatic rings. The van der Waals surface area contributed by atoms with Gasteiger partial charge in [-0.05, 0) is 54.8 Å². The van der Waals surface area contributed by atoms with Crippen LogP contribution in [0.25, 0.3) is 10.6 Å². The predicted molar refractivity (Wildman–Crippen MR) is 115 cm³/mol. The summed E-state index contributed by atoms with van der Waals surface area (Å²) in [4.78, 5) is 16.7. The van der Waals surface area contributed by atoms with Crippen molar-refractivity contribution in [2.75, 3.05) is 13.2 Å². The van der Waals surface area contributed by atoms with Crippen molar-refractivity contribution < 1.29 is 27.4 Å². The van der Waals surface area contributed by atoms with E-state index >= 15 is 0 Å². The summed E-state index contributed by atoms with van der Waals surface area (Å²) in [5.41, 5.74) is 1.16. The van der Waals surface area contributed by atoms with E-state index in [1.54, 1.807) is 17.5 Å². The zero-order chi connectivity index (χ0) is 22.6. The van der Waals surface area contributed by atoms with E-state index in [1.807, 2.05) is 12.1 Å². The summed E-state index contributed by atoms with van der Waals surface area (Å²) in [6.07, 6.45) is -2.30. The van der Waals surface area contributed by atoms with Crippen LogP contribution in [0.5, 0.6) is 5.75 Å². The predicted octanol–water partition coefficient (Wildman–Crippen LogP) is 5.32. The molecule has 1 saturated heterocycles. The molecule has 3 aromatic rings. The Morgan fingerprint density at radius 3 is 2.56 bits per heavy atom. The van der Waals surface area contributed by atoms with Crippen LogP contribution >= 0.6 is 11.3 Å². The number of hydrogen-bond donors (Lipinski definition) is 1. The van der Waals surface area contributed by atoms with Crippen LogP contribution in [0.2, 0.25) is 0 Å². The highest BCUT2D eigenvalue weighted by Crippen LogP contribution is 2.29. The van der Waals surface area contributed by atoms with Gasteiger partial charge in [0.25, 0.3) is 5.91 Å². The van der Waals surface area contributed by atoms with Crippen molar-refractivity contribution in [1.29, 1.82) is 0 Å². The second-order valence-corrected chi connectivity index (χ2v) is 8.25. The quantitative estimate of drug-likeness (QED) is 0.517. The monoisotopic (exact) mass is 462 g/mol. The molecule has 2 aromatic carbocycles. The number of carbonyl (C=O) groups excluding carboxylic acids is 1. The number of amides is 1. The molecule has 32 heavy (non-hydrogen) atoms. The highest BCUT2D eigenvalue weighted by atomic mass is 32.1. The molecule has 5 nitrogen and oxygen atoms in total. The molecule has 1 amide bonds. The van der Waals surface area contributed by atoms with Crippen LogP contribution < -0.4 is 10.1 Å². The highest BCUT2D eigenvalue weighted by molar-refractivity contribution is 7.13. The van der Waals surface area contributed by atoms with Crippen molar-refractivity contribution in [1.82, 2.24) is 10.3 Å². The maximum absolute atomic E-state index is 12.6. The Kier molecular flexibility index (Phi) is 6.76. The van der Waals surface area contributed by atoms with Gasteiger partial charge in [0.2, 0.25) is 0 Å². The SMILES string of the molecule is O=C(NCC1CCCO1)c1csc(-c2ccc(OCc3ccc(C(F)(F)F)cc3)cc2)n1. The second-order valence-electron chi connectivity index (χ2n) is 7.39. The van der Waals surface area contributed by atoms with Crippen LogP contribution in [0.3, 0.4) is 0 Å². The Hall–Kier alpha value is -2.91. The Labute approximate surface area is 187 Å². The van der Waals surface area contributed by atoms with E-state index in [2.05, 4.69) is 10.3 Å². The molecule has 1 unspecified atom stereocenters. The van der Waals surface area contributed by atoms with Crippen LogP contribution in [0, 0.1) is 0 Å². The average molecular weight is 462 g/mol. The third kappa shape index (κ3) is 5.66. The summed E-state index contributed by atoms with van der Waals surface area (Å²) in [7, 11) is 0. The number of ether oxygens (including phenoxy) is 2. The average Bonchev–Trinajstić information content (AvgIpc) is 3.48. The number of hydrogen-bond acceptors (Lipinski definition) is 5. The van der Waals surface area contributed by atoms with E-state index in [0.717, 1.165) is 37.1 Å². The first-order chi connectivity index (χ1) is 15.4. The molecule has 0 spiro atoms. The van der Waals surface area contributed by atoms with Gasteiger partial charge in [-0.1, -0.05) is 12.1 Å². The van der Waals surface area contributed by atoms with Gasteiger partial charge in [-0.3, -0.25) is 4.79 Å². The third-order valence-electron chi connectivity index (χ3n) is 5.04. The number of carbonyl (C=O) groups is 1. The molecule has 0 radical (unpaired) electrons. The molecule has 168 valence electrons. The van der Waals surface area contributed by atoms with Gasteiger partial charge in [0.15, 0.2) is 0 Å². The molecule has 9 heteroatoms. The second kappa shape index (κ2) is 9.70. The zero-order valence-corrected chi connectivity index (χ0v) is 17.8. The fourth-order valence-corrected chi connectivity index (χ4v) is 4.07. The molecule has 0 saturated carbocycles. The van der Waals surface area contributed by atoms with Gasteiger partial charge in [0.1, 0.15) is 23.1 Å². The summed E-state index contributed by atoms with van der Waals surface area (Å²) in [5, 5.41) is 5.28. The maximum Gasteiger partial charge on any atom is 0.416 e. The van der Waals surface area contributed by atoms with E-state index in [-0.39, 0.29) is 18.6 Å². The lowest BCUT2D eigenvalue weighted by atomic mass is 10.1. The smallest absolute Gasteiger partial charge is 0.416 e. The molecule has 4 rings (SSSR count).